The lowest BCUT2D eigenvalue weighted by Crippen LogP contribution is -2.13. The van der Waals surface area contributed by atoms with Gasteiger partial charge in [-0.1, -0.05) is 20.3 Å². The minimum absolute atomic E-state index is 0.263. The largest absolute Gasteiger partial charge is 0.469 e. The smallest absolute Gasteiger partial charge is 0.306 e. The zero-order valence-electron chi connectivity index (χ0n) is 8.54. The molecule has 0 rings (SSSR count). The Morgan fingerprint density at radius 2 is 2.15 bits per heavy atom. The van der Waals surface area contributed by atoms with Crippen molar-refractivity contribution < 1.29 is 13.7 Å². The summed E-state index contributed by atoms with van der Waals surface area (Å²) < 4.78 is 15.8. The van der Waals surface area contributed by atoms with Gasteiger partial charge in [-0.25, -0.2) is 0 Å². The SMILES string of the molecule is CCC(C)CS(=O)CCC(=O)OC. The Hall–Kier alpha value is -0.380. The molecule has 0 heterocycles. The van der Waals surface area contributed by atoms with Crippen LogP contribution in [-0.2, 0) is 20.3 Å². The number of methoxy groups -OCH3 is 1. The molecular weight excluding hydrogens is 188 g/mol. The molecule has 0 aromatic rings. The van der Waals surface area contributed by atoms with Crippen LogP contribution in [0.1, 0.15) is 26.7 Å². The molecule has 0 aliphatic heterocycles. The van der Waals surface area contributed by atoms with E-state index in [2.05, 4.69) is 18.6 Å². The second-order valence-electron chi connectivity index (χ2n) is 3.15. The van der Waals surface area contributed by atoms with Crippen LogP contribution < -0.4 is 0 Å². The number of carbonyl (C=O) groups excluding carboxylic acids is 1. The van der Waals surface area contributed by atoms with E-state index in [9.17, 15) is 9.00 Å². The highest BCUT2D eigenvalue weighted by molar-refractivity contribution is 7.85. The van der Waals surface area contributed by atoms with Crippen molar-refractivity contribution in [3.63, 3.8) is 0 Å². The van der Waals surface area contributed by atoms with Gasteiger partial charge in [-0.2, -0.15) is 0 Å². The lowest BCUT2D eigenvalue weighted by atomic mass is 10.2. The van der Waals surface area contributed by atoms with Crippen LogP contribution in [0.15, 0.2) is 0 Å². The predicted octanol–water partition coefficient (Wildman–Crippen LogP) is 1.34. The molecule has 78 valence electrons. The summed E-state index contributed by atoms with van der Waals surface area (Å²) in [6.07, 6.45) is 1.30. The van der Waals surface area contributed by atoms with Crippen molar-refractivity contribution in [2.24, 2.45) is 5.92 Å². The first-order valence-electron chi connectivity index (χ1n) is 4.52. The zero-order chi connectivity index (χ0) is 10.3. The maximum absolute atomic E-state index is 11.3. The van der Waals surface area contributed by atoms with Crippen LogP contribution in [0.4, 0.5) is 0 Å². The van der Waals surface area contributed by atoms with Crippen LogP contribution in [0.5, 0.6) is 0 Å². The minimum Gasteiger partial charge on any atom is -0.469 e. The summed E-state index contributed by atoms with van der Waals surface area (Å²) >= 11 is 0. The van der Waals surface area contributed by atoms with Crippen LogP contribution in [-0.4, -0.2) is 28.8 Å². The van der Waals surface area contributed by atoms with Crippen LogP contribution in [0.2, 0.25) is 0 Å². The summed E-state index contributed by atoms with van der Waals surface area (Å²) in [5.41, 5.74) is 0. The van der Waals surface area contributed by atoms with E-state index in [0.717, 1.165) is 6.42 Å². The van der Waals surface area contributed by atoms with Crippen molar-refractivity contribution in [2.75, 3.05) is 18.6 Å². The van der Waals surface area contributed by atoms with E-state index >= 15 is 0 Å². The molecule has 2 atom stereocenters. The Morgan fingerprint density at radius 1 is 1.54 bits per heavy atom. The Bertz CT molecular complexity index is 180. The molecule has 0 amide bonds. The van der Waals surface area contributed by atoms with Crippen LogP contribution >= 0.6 is 0 Å². The van der Waals surface area contributed by atoms with Gasteiger partial charge in [-0.05, 0) is 5.92 Å². The van der Waals surface area contributed by atoms with Gasteiger partial charge in [0.05, 0.1) is 13.5 Å². The maximum atomic E-state index is 11.3. The average molecular weight is 206 g/mol. The molecular formula is C9H18O3S. The van der Waals surface area contributed by atoms with Crippen molar-refractivity contribution in [1.29, 1.82) is 0 Å². The Morgan fingerprint density at radius 3 is 2.62 bits per heavy atom. The number of hydrogen-bond acceptors (Lipinski definition) is 3. The first kappa shape index (κ1) is 12.6. The number of hydrogen-bond donors (Lipinski definition) is 0. The first-order valence-corrected chi connectivity index (χ1v) is 6.00. The molecule has 4 heteroatoms. The number of carbonyl (C=O) groups is 1. The standard InChI is InChI=1S/C9H18O3S/c1-4-8(2)7-13(11)6-5-9(10)12-3/h8H,4-7H2,1-3H3. The van der Waals surface area contributed by atoms with Gasteiger partial charge in [0.2, 0.25) is 0 Å². The van der Waals surface area contributed by atoms with Crippen LogP contribution in [0, 0.1) is 5.92 Å². The van der Waals surface area contributed by atoms with E-state index in [1.807, 2.05) is 0 Å². The van der Waals surface area contributed by atoms with E-state index in [-0.39, 0.29) is 12.4 Å². The molecule has 0 fully saturated rings. The van der Waals surface area contributed by atoms with Gasteiger partial charge in [-0.3, -0.25) is 9.00 Å². The Labute approximate surface area is 82.3 Å². The number of ether oxygens (including phenoxy) is 1. The second-order valence-corrected chi connectivity index (χ2v) is 4.77. The molecule has 3 nitrogen and oxygen atoms in total. The maximum Gasteiger partial charge on any atom is 0.306 e. The summed E-state index contributed by atoms with van der Waals surface area (Å²) in [7, 11) is 0.474. The molecule has 0 aromatic heterocycles. The monoisotopic (exact) mass is 206 g/mol. The van der Waals surface area contributed by atoms with Crippen molar-refractivity contribution in [1.82, 2.24) is 0 Å². The van der Waals surface area contributed by atoms with Gasteiger partial charge in [-0.15, -0.1) is 0 Å². The van der Waals surface area contributed by atoms with Crippen molar-refractivity contribution >= 4 is 16.8 Å². The molecule has 0 bridgehead atoms. The lowest BCUT2D eigenvalue weighted by molar-refractivity contribution is -0.140. The lowest BCUT2D eigenvalue weighted by Gasteiger charge is -2.06. The van der Waals surface area contributed by atoms with E-state index in [0.29, 0.717) is 17.4 Å². The van der Waals surface area contributed by atoms with E-state index in [1.165, 1.54) is 7.11 Å². The van der Waals surface area contributed by atoms with E-state index in [4.69, 9.17) is 0 Å². The van der Waals surface area contributed by atoms with Gasteiger partial charge in [0.15, 0.2) is 0 Å². The van der Waals surface area contributed by atoms with Crippen molar-refractivity contribution in [3.8, 4) is 0 Å². The average Bonchev–Trinajstić information content (AvgIpc) is 2.13. The second kappa shape index (κ2) is 7.06. The normalized spacial score (nSPS) is 15.0. The fourth-order valence-electron chi connectivity index (χ4n) is 0.818. The molecule has 0 N–H and O–H groups in total. The van der Waals surface area contributed by atoms with Gasteiger partial charge in [0.25, 0.3) is 0 Å². The third-order valence-corrected chi connectivity index (χ3v) is 3.53. The summed E-state index contributed by atoms with van der Waals surface area (Å²) in [4.78, 5) is 10.7. The predicted molar refractivity (Wildman–Crippen MR) is 54.0 cm³/mol. The summed E-state index contributed by atoms with van der Waals surface area (Å²) in [6, 6.07) is 0. The van der Waals surface area contributed by atoms with Crippen molar-refractivity contribution in [3.05, 3.63) is 0 Å². The van der Waals surface area contributed by atoms with Crippen LogP contribution in [0.3, 0.4) is 0 Å². The summed E-state index contributed by atoms with van der Waals surface area (Å²) in [5.74, 6) is 1.31. The van der Waals surface area contributed by atoms with Gasteiger partial charge in [0.1, 0.15) is 0 Å². The Balaban J connectivity index is 3.57. The highest BCUT2D eigenvalue weighted by atomic mass is 32.2. The third kappa shape index (κ3) is 6.75. The molecule has 2 unspecified atom stereocenters. The fraction of sp³-hybridized carbons (Fsp3) is 0.889. The van der Waals surface area contributed by atoms with Gasteiger partial charge < -0.3 is 4.74 Å². The van der Waals surface area contributed by atoms with Crippen LogP contribution in [0.25, 0.3) is 0 Å². The quantitative estimate of drug-likeness (QED) is 0.616. The highest BCUT2D eigenvalue weighted by Crippen LogP contribution is 2.03. The van der Waals surface area contributed by atoms with Gasteiger partial charge >= 0.3 is 5.97 Å². The highest BCUT2D eigenvalue weighted by Gasteiger charge is 2.08. The van der Waals surface area contributed by atoms with Crippen molar-refractivity contribution in [2.45, 2.75) is 26.7 Å². The zero-order valence-corrected chi connectivity index (χ0v) is 9.36. The summed E-state index contributed by atoms with van der Waals surface area (Å²) in [6.45, 7) is 4.14. The van der Waals surface area contributed by atoms with Gasteiger partial charge in [0, 0.05) is 22.3 Å². The molecule has 0 aromatic carbocycles. The minimum atomic E-state index is -0.873. The molecule has 0 aliphatic carbocycles. The molecule has 0 spiro atoms. The first-order chi connectivity index (χ1) is 6.10. The van der Waals surface area contributed by atoms with E-state index < -0.39 is 10.8 Å². The number of esters is 1. The molecule has 0 radical (unpaired) electrons. The molecule has 0 aliphatic rings. The topological polar surface area (TPSA) is 43.4 Å². The van der Waals surface area contributed by atoms with E-state index in [1.54, 1.807) is 0 Å². The Kier molecular flexibility index (Phi) is 6.86. The molecule has 0 saturated carbocycles. The summed E-state index contributed by atoms with van der Waals surface area (Å²) in [5, 5.41) is 0. The third-order valence-electron chi connectivity index (χ3n) is 1.93. The molecule has 13 heavy (non-hydrogen) atoms. The molecule has 0 saturated heterocycles. The number of rotatable bonds is 6. The fourth-order valence-corrected chi connectivity index (χ4v) is 2.25.